The molecule has 9 nitrogen and oxygen atoms in total. The maximum atomic E-state index is 12.6. The quantitative estimate of drug-likeness (QED) is 0.443. The van der Waals surface area contributed by atoms with Crippen LogP contribution in [0.3, 0.4) is 0 Å². The van der Waals surface area contributed by atoms with E-state index in [-0.39, 0.29) is 5.91 Å². The minimum Gasteiger partial charge on any atom is -0.352 e. The lowest BCUT2D eigenvalue weighted by Crippen LogP contribution is -2.30. The lowest BCUT2D eigenvalue weighted by molar-refractivity contribution is 0.0943. The zero-order chi connectivity index (χ0) is 21.0. The van der Waals surface area contributed by atoms with E-state index in [9.17, 15) is 4.79 Å². The van der Waals surface area contributed by atoms with Gasteiger partial charge in [0.2, 0.25) is 0 Å². The number of nitrogens with zero attached hydrogens (tertiary/aromatic N) is 5. The van der Waals surface area contributed by atoms with E-state index in [1.54, 1.807) is 23.1 Å². The highest BCUT2D eigenvalue weighted by Gasteiger charge is 2.16. The topological polar surface area (TPSA) is 113 Å². The van der Waals surface area contributed by atoms with Crippen molar-refractivity contribution in [1.82, 2.24) is 35.1 Å². The van der Waals surface area contributed by atoms with Crippen molar-refractivity contribution in [2.45, 2.75) is 32.1 Å². The molecule has 3 N–H and O–H groups in total. The molecule has 3 aromatic heterocycles. The number of hydrogen-bond donors (Lipinski definition) is 3. The maximum Gasteiger partial charge on any atom is 0.251 e. The van der Waals surface area contributed by atoms with E-state index in [0.717, 1.165) is 23.5 Å². The Balaban J connectivity index is 1.33. The summed E-state index contributed by atoms with van der Waals surface area (Å²) in [7, 11) is 0. The average Bonchev–Trinajstić information content (AvgIpc) is 3.51. The number of nitrogens with one attached hydrogen (secondary N) is 3. The van der Waals surface area contributed by atoms with Gasteiger partial charge in [-0.05, 0) is 37.0 Å². The third kappa shape index (κ3) is 4.11. The van der Waals surface area contributed by atoms with Crippen molar-refractivity contribution < 1.29 is 4.79 Å². The Labute approximate surface area is 179 Å². The van der Waals surface area contributed by atoms with E-state index in [4.69, 9.17) is 0 Å². The number of anilines is 2. The smallest absolute Gasteiger partial charge is 0.251 e. The van der Waals surface area contributed by atoms with Crippen LogP contribution in [-0.2, 0) is 0 Å². The van der Waals surface area contributed by atoms with Gasteiger partial charge in [0, 0.05) is 29.6 Å². The molecule has 0 aliphatic heterocycles. The first kappa shape index (κ1) is 19.2. The maximum absolute atomic E-state index is 12.6. The molecule has 1 aliphatic carbocycles. The summed E-state index contributed by atoms with van der Waals surface area (Å²) in [6, 6.07) is 7.41. The fraction of sp³-hybridized carbons (Fsp3) is 0.318. The predicted molar refractivity (Wildman–Crippen MR) is 117 cm³/mol. The van der Waals surface area contributed by atoms with E-state index in [1.165, 1.54) is 38.4 Å². The third-order valence-corrected chi connectivity index (χ3v) is 5.76. The molecule has 31 heavy (non-hydrogen) atoms. The molecule has 1 aromatic carbocycles. The van der Waals surface area contributed by atoms with Crippen LogP contribution < -0.4 is 10.6 Å². The van der Waals surface area contributed by atoms with Gasteiger partial charge in [-0.3, -0.25) is 9.89 Å². The number of carbonyl (C=O) groups is 1. The van der Waals surface area contributed by atoms with E-state index in [1.807, 2.05) is 24.3 Å². The lowest BCUT2D eigenvalue weighted by Gasteiger charge is -2.21. The Morgan fingerprint density at radius 2 is 2.06 bits per heavy atom. The second kappa shape index (κ2) is 8.55. The molecule has 1 amide bonds. The van der Waals surface area contributed by atoms with Gasteiger partial charge in [0.25, 0.3) is 5.91 Å². The van der Waals surface area contributed by atoms with Crippen molar-refractivity contribution in [3.05, 3.63) is 54.7 Å². The van der Waals surface area contributed by atoms with Crippen LogP contribution in [0.5, 0.6) is 0 Å². The van der Waals surface area contributed by atoms with Gasteiger partial charge in [0.1, 0.15) is 6.33 Å². The first-order valence-corrected chi connectivity index (χ1v) is 10.6. The molecule has 1 aliphatic rings. The molecule has 0 radical (unpaired) electrons. The first-order valence-electron chi connectivity index (χ1n) is 10.6. The van der Waals surface area contributed by atoms with E-state index in [0.29, 0.717) is 22.9 Å². The van der Waals surface area contributed by atoms with Gasteiger partial charge in [-0.2, -0.15) is 10.2 Å². The molecule has 1 saturated carbocycles. The van der Waals surface area contributed by atoms with Crippen LogP contribution in [0.4, 0.5) is 11.5 Å². The monoisotopic (exact) mass is 416 g/mol. The highest BCUT2D eigenvalue weighted by molar-refractivity contribution is 5.95. The molecular formula is C22H24N8O. The molecule has 3 heterocycles. The summed E-state index contributed by atoms with van der Waals surface area (Å²) < 4.78 is 1.71. The van der Waals surface area contributed by atoms with Gasteiger partial charge >= 0.3 is 0 Å². The van der Waals surface area contributed by atoms with Crippen molar-refractivity contribution in [1.29, 1.82) is 0 Å². The molecule has 1 fully saturated rings. The van der Waals surface area contributed by atoms with Crippen LogP contribution in [0, 0.1) is 5.92 Å². The summed E-state index contributed by atoms with van der Waals surface area (Å²) in [4.78, 5) is 21.5. The number of H-pyrrole nitrogens is 1. The number of benzene rings is 1. The Bertz CT molecular complexity index is 1180. The minimum atomic E-state index is -0.0508. The van der Waals surface area contributed by atoms with Gasteiger partial charge < -0.3 is 10.6 Å². The first-order chi connectivity index (χ1) is 15.3. The number of aromatic nitrogens is 6. The predicted octanol–water partition coefficient (Wildman–Crippen LogP) is 3.57. The largest absolute Gasteiger partial charge is 0.352 e. The average molecular weight is 416 g/mol. The number of aromatic amines is 1. The molecule has 4 aromatic rings. The Morgan fingerprint density at radius 3 is 2.90 bits per heavy atom. The molecule has 9 heteroatoms. The SMILES string of the molecule is O=C(NCC1CCCCC1)c1cccc(Nc2ncc(-c3cn[nH]c3)n3ncnc23)c1. The molecule has 5 rings (SSSR count). The molecule has 0 saturated heterocycles. The normalized spacial score (nSPS) is 14.6. The van der Waals surface area contributed by atoms with Crippen LogP contribution >= 0.6 is 0 Å². The van der Waals surface area contributed by atoms with Crippen molar-refractivity contribution in [3.8, 4) is 11.3 Å². The molecule has 0 spiro atoms. The van der Waals surface area contributed by atoms with Crippen molar-refractivity contribution in [2.24, 2.45) is 5.92 Å². The number of rotatable bonds is 6. The molecular weight excluding hydrogens is 392 g/mol. The highest BCUT2D eigenvalue weighted by Crippen LogP contribution is 2.25. The van der Waals surface area contributed by atoms with E-state index >= 15 is 0 Å². The molecule has 158 valence electrons. The third-order valence-electron chi connectivity index (χ3n) is 5.76. The fourth-order valence-corrected chi connectivity index (χ4v) is 4.10. The van der Waals surface area contributed by atoms with Gasteiger partial charge in [-0.15, -0.1) is 0 Å². The lowest BCUT2D eigenvalue weighted by atomic mass is 9.89. The van der Waals surface area contributed by atoms with Crippen LogP contribution in [0.25, 0.3) is 16.9 Å². The summed E-state index contributed by atoms with van der Waals surface area (Å²) in [5, 5.41) is 17.4. The van der Waals surface area contributed by atoms with Gasteiger partial charge in [-0.1, -0.05) is 25.3 Å². The summed E-state index contributed by atoms with van der Waals surface area (Å²) in [6.07, 6.45) is 13.0. The van der Waals surface area contributed by atoms with E-state index in [2.05, 4.69) is 35.9 Å². The van der Waals surface area contributed by atoms with Crippen molar-refractivity contribution in [2.75, 3.05) is 11.9 Å². The Kier molecular flexibility index (Phi) is 5.30. The standard InChI is InChI=1S/C22H24N8O/c31-22(24-10-15-5-2-1-3-6-15)16-7-4-8-18(9-16)29-20-21-25-14-28-30(21)19(13-23-20)17-11-26-27-12-17/h4,7-9,11-15H,1-3,5-6,10H2,(H,23,29)(H,24,31)(H,26,27). The number of amides is 1. The van der Waals surface area contributed by atoms with Gasteiger partial charge in [0.15, 0.2) is 11.5 Å². The number of fused-ring (bicyclic) bond motifs is 1. The van der Waals surface area contributed by atoms with Crippen molar-refractivity contribution >= 4 is 23.1 Å². The van der Waals surface area contributed by atoms with Gasteiger partial charge in [0.05, 0.1) is 18.1 Å². The van der Waals surface area contributed by atoms with Crippen molar-refractivity contribution in [3.63, 3.8) is 0 Å². The summed E-state index contributed by atoms with van der Waals surface area (Å²) in [5.74, 6) is 1.10. The summed E-state index contributed by atoms with van der Waals surface area (Å²) in [5.41, 5.74) is 3.62. The summed E-state index contributed by atoms with van der Waals surface area (Å²) >= 11 is 0. The molecule has 0 bridgehead atoms. The summed E-state index contributed by atoms with van der Waals surface area (Å²) in [6.45, 7) is 0.744. The molecule has 0 atom stereocenters. The van der Waals surface area contributed by atoms with Crippen LogP contribution in [0.15, 0.2) is 49.2 Å². The van der Waals surface area contributed by atoms with Gasteiger partial charge in [-0.25, -0.2) is 14.5 Å². The second-order valence-electron chi connectivity index (χ2n) is 7.89. The number of hydrogen-bond acceptors (Lipinski definition) is 6. The van der Waals surface area contributed by atoms with Crippen LogP contribution in [-0.4, -0.2) is 42.2 Å². The van der Waals surface area contributed by atoms with Crippen LogP contribution in [0.2, 0.25) is 0 Å². The highest BCUT2D eigenvalue weighted by atomic mass is 16.1. The Morgan fingerprint density at radius 1 is 1.16 bits per heavy atom. The zero-order valence-corrected chi connectivity index (χ0v) is 17.1. The second-order valence-corrected chi connectivity index (χ2v) is 7.89. The molecule has 0 unspecified atom stereocenters. The Hall–Kier alpha value is -3.75. The fourth-order valence-electron chi connectivity index (χ4n) is 4.10. The van der Waals surface area contributed by atoms with E-state index < -0.39 is 0 Å². The number of carbonyl (C=O) groups excluding carboxylic acids is 1. The van der Waals surface area contributed by atoms with Crippen LogP contribution in [0.1, 0.15) is 42.5 Å². The minimum absolute atomic E-state index is 0.0508. The zero-order valence-electron chi connectivity index (χ0n) is 17.1.